The van der Waals surface area contributed by atoms with Gasteiger partial charge in [-0.1, -0.05) is 36.9 Å². The van der Waals surface area contributed by atoms with E-state index in [0.717, 1.165) is 5.56 Å². The lowest BCUT2D eigenvalue weighted by atomic mass is 10.1. The van der Waals surface area contributed by atoms with Gasteiger partial charge in [0.15, 0.2) is 0 Å². The molecule has 0 aliphatic carbocycles. The van der Waals surface area contributed by atoms with Crippen molar-refractivity contribution in [1.29, 1.82) is 0 Å². The van der Waals surface area contributed by atoms with E-state index in [4.69, 9.17) is 4.74 Å². The first kappa shape index (κ1) is 22.1. The second-order valence-electron chi connectivity index (χ2n) is 6.87. The van der Waals surface area contributed by atoms with Crippen LogP contribution in [-0.4, -0.2) is 28.0 Å². The zero-order chi connectivity index (χ0) is 22.4. The van der Waals surface area contributed by atoms with E-state index >= 15 is 0 Å². The number of aryl methyl sites for hydroxylation is 1. The van der Waals surface area contributed by atoms with E-state index in [1.807, 2.05) is 0 Å². The molecular weight excluding hydrogens is 412 g/mol. The largest absolute Gasteiger partial charge is 0.490 e. The van der Waals surface area contributed by atoms with Crippen LogP contribution >= 0.6 is 0 Å². The number of rotatable bonds is 8. The summed E-state index contributed by atoms with van der Waals surface area (Å²) in [6.07, 6.45) is 1.65. The summed E-state index contributed by atoms with van der Waals surface area (Å²) in [6, 6.07) is 20.1. The molecule has 3 aromatic rings. The van der Waals surface area contributed by atoms with Crippen molar-refractivity contribution in [2.75, 3.05) is 23.3 Å². The van der Waals surface area contributed by atoms with Crippen LogP contribution in [0, 0.1) is 6.92 Å². The minimum atomic E-state index is -3.75. The van der Waals surface area contributed by atoms with Crippen molar-refractivity contribution in [3.8, 4) is 5.75 Å². The van der Waals surface area contributed by atoms with Crippen molar-refractivity contribution >= 4 is 27.3 Å². The van der Waals surface area contributed by atoms with E-state index in [1.54, 1.807) is 85.8 Å². The maximum Gasteiger partial charge on any atom is 0.264 e. The Morgan fingerprint density at radius 3 is 2.39 bits per heavy atom. The van der Waals surface area contributed by atoms with Crippen molar-refractivity contribution in [2.45, 2.75) is 11.8 Å². The van der Waals surface area contributed by atoms with E-state index in [1.165, 1.54) is 11.4 Å². The zero-order valence-corrected chi connectivity index (χ0v) is 18.2. The highest BCUT2D eigenvalue weighted by molar-refractivity contribution is 7.92. The van der Waals surface area contributed by atoms with Gasteiger partial charge in [0, 0.05) is 18.3 Å². The quantitative estimate of drug-likeness (QED) is 0.522. The maximum atomic E-state index is 13.0. The number of carbonyl (C=O) groups is 1. The Bertz CT molecular complexity index is 1170. The molecule has 0 saturated heterocycles. The van der Waals surface area contributed by atoms with Gasteiger partial charge in [0.05, 0.1) is 10.6 Å². The summed E-state index contributed by atoms with van der Waals surface area (Å²) in [6.45, 7) is 5.80. The average molecular weight is 437 g/mol. The molecule has 0 fully saturated rings. The molecule has 0 atom stereocenters. The number of amides is 1. The molecule has 160 valence electrons. The van der Waals surface area contributed by atoms with Gasteiger partial charge in [0.2, 0.25) is 0 Å². The number of nitrogens with zero attached hydrogens (tertiary/aromatic N) is 1. The van der Waals surface area contributed by atoms with E-state index in [-0.39, 0.29) is 10.8 Å². The number of sulfonamides is 1. The van der Waals surface area contributed by atoms with Crippen LogP contribution in [0.3, 0.4) is 0 Å². The molecule has 31 heavy (non-hydrogen) atoms. The van der Waals surface area contributed by atoms with Crippen LogP contribution in [0.1, 0.15) is 15.9 Å². The highest BCUT2D eigenvalue weighted by Gasteiger charge is 2.23. The first-order valence-corrected chi connectivity index (χ1v) is 11.1. The van der Waals surface area contributed by atoms with Crippen molar-refractivity contribution in [2.24, 2.45) is 0 Å². The van der Waals surface area contributed by atoms with E-state index in [9.17, 15) is 13.2 Å². The monoisotopic (exact) mass is 436 g/mol. The second kappa shape index (κ2) is 9.49. The summed E-state index contributed by atoms with van der Waals surface area (Å²) < 4.78 is 32.6. The average Bonchev–Trinajstić information content (AvgIpc) is 2.79. The zero-order valence-electron chi connectivity index (χ0n) is 17.4. The van der Waals surface area contributed by atoms with Crippen molar-refractivity contribution in [3.05, 3.63) is 96.6 Å². The van der Waals surface area contributed by atoms with E-state index in [0.29, 0.717) is 29.3 Å². The Morgan fingerprint density at radius 2 is 1.74 bits per heavy atom. The number of hydrogen-bond acceptors (Lipinski definition) is 4. The van der Waals surface area contributed by atoms with Gasteiger partial charge in [0.25, 0.3) is 15.9 Å². The molecule has 0 radical (unpaired) electrons. The van der Waals surface area contributed by atoms with Crippen molar-refractivity contribution in [3.63, 3.8) is 0 Å². The number of carbonyl (C=O) groups excluding carboxylic acids is 1. The molecule has 0 spiro atoms. The SMILES string of the molecule is C=CCOc1ccc(NC(=O)c2ccc(C)c(N(C)S(=O)(=O)c3ccccc3)c2)cc1. The predicted octanol–water partition coefficient (Wildman–Crippen LogP) is 4.64. The van der Waals surface area contributed by atoms with Crippen LogP contribution in [-0.2, 0) is 10.0 Å². The van der Waals surface area contributed by atoms with Gasteiger partial charge >= 0.3 is 0 Å². The minimum Gasteiger partial charge on any atom is -0.490 e. The van der Waals surface area contributed by atoms with Gasteiger partial charge in [-0.3, -0.25) is 9.10 Å². The second-order valence-corrected chi connectivity index (χ2v) is 8.83. The molecular formula is C24H24N2O4S. The molecule has 0 aliphatic heterocycles. The summed E-state index contributed by atoms with van der Waals surface area (Å²) >= 11 is 0. The van der Waals surface area contributed by atoms with Gasteiger partial charge in [-0.25, -0.2) is 8.42 Å². The molecule has 0 heterocycles. The molecule has 3 rings (SSSR count). The Labute approximate surface area is 182 Å². The number of anilines is 2. The number of benzene rings is 3. The third kappa shape index (κ3) is 5.13. The highest BCUT2D eigenvalue weighted by Crippen LogP contribution is 2.27. The normalized spacial score (nSPS) is 10.9. The number of hydrogen-bond donors (Lipinski definition) is 1. The van der Waals surface area contributed by atoms with Gasteiger partial charge in [-0.15, -0.1) is 0 Å². The summed E-state index contributed by atoms with van der Waals surface area (Å²) in [5.41, 5.74) is 2.12. The van der Waals surface area contributed by atoms with Crippen LogP contribution in [0.5, 0.6) is 5.75 Å². The van der Waals surface area contributed by atoms with E-state index in [2.05, 4.69) is 11.9 Å². The molecule has 1 amide bonds. The number of nitrogens with one attached hydrogen (secondary N) is 1. The van der Waals surface area contributed by atoms with Crippen LogP contribution in [0.2, 0.25) is 0 Å². The molecule has 1 N–H and O–H groups in total. The third-order valence-corrected chi connectivity index (χ3v) is 6.48. The Hall–Kier alpha value is -3.58. The first-order valence-electron chi connectivity index (χ1n) is 9.62. The van der Waals surface area contributed by atoms with Crippen LogP contribution in [0.4, 0.5) is 11.4 Å². The summed E-state index contributed by atoms with van der Waals surface area (Å²) in [5, 5.41) is 2.81. The fourth-order valence-electron chi connectivity index (χ4n) is 2.96. The summed E-state index contributed by atoms with van der Waals surface area (Å²) in [7, 11) is -2.27. The van der Waals surface area contributed by atoms with Gasteiger partial charge in [0.1, 0.15) is 12.4 Å². The molecule has 0 unspecified atom stereocenters. The van der Waals surface area contributed by atoms with Crippen LogP contribution in [0.25, 0.3) is 0 Å². The third-order valence-electron chi connectivity index (χ3n) is 4.69. The highest BCUT2D eigenvalue weighted by atomic mass is 32.2. The van der Waals surface area contributed by atoms with Crippen LogP contribution in [0.15, 0.2) is 90.3 Å². The van der Waals surface area contributed by atoms with E-state index < -0.39 is 10.0 Å². The molecule has 0 bridgehead atoms. The summed E-state index contributed by atoms with van der Waals surface area (Å²) in [4.78, 5) is 12.9. The van der Waals surface area contributed by atoms with Crippen molar-refractivity contribution < 1.29 is 17.9 Å². The molecule has 6 nitrogen and oxygen atoms in total. The lowest BCUT2D eigenvalue weighted by Gasteiger charge is -2.22. The molecule has 0 aliphatic rings. The molecule has 0 aromatic heterocycles. The summed E-state index contributed by atoms with van der Waals surface area (Å²) in [5.74, 6) is 0.329. The van der Waals surface area contributed by atoms with Crippen LogP contribution < -0.4 is 14.4 Å². The smallest absolute Gasteiger partial charge is 0.264 e. The Kier molecular flexibility index (Phi) is 6.77. The maximum absolute atomic E-state index is 13.0. The number of ether oxygens (including phenoxy) is 1. The Balaban J connectivity index is 1.81. The topological polar surface area (TPSA) is 75.7 Å². The standard InChI is InChI=1S/C24H24N2O4S/c1-4-16-30-21-14-12-20(13-15-21)25-24(27)19-11-10-18(2)23(17-19)26(3)31(28,29)22-8-6-5-7-9-22/h4-15,17H,1,16H2,2-3H3,(H,25,27). The van der Waals surface area contributed by atoms with Gasteiger partial charge in [-0.05, 0) is 61.0 Å². The fraction of sp³-hybridized carbons (Fsp3) is 0.125. The lowest BCUT2D eigenvalue weighted by molar-refractivity contribution is 0.102. The molecule has 3 aromatic carbocycles. The first-order chi connectivity index (χ1) is 14.8. The van der Waals surface area contributed by atoms with Gasteiger partial charge < -0.3 is 10.1 Å². The van der Waals surface area contributed by atoms with Crippen molar-refractivity contribution in [1.82, 2.24) is 0 Å². The molecule has 0 saturated carbocycles. The minimum absolute atomic E-state index is 0.186. The molecule has 7 heteroatoms. The fourth-order valence-corrected chi connectivity index (χ4v) is 4.24. The van der Waals surface area contributed by atoms with Gasteiger partial charge in [-0.2, -0.15) is 0 Å². The Morgan fingerprint density at radius 1 is 1.06 bits per heavy atom. The predicted molar refractivity (Wildman–Crippen MR) is 123 cm³/mol. The lowest BCUT2D eigenvalue weighted by Crippen LogP contribution is -2.27.